The fraction of sp³-hybridized carbons (Fsp3) is 0.143. The first-order valence-corrected chi connectivity index (χ1v) is 7.66. The molecule has 3 rings (SSSR count). The molecule has 1 aromatic carbocycles. The average Bonchev–Trinajstić information content (AvgIpc) is 2.76. The summed E-state index contributed by atoms with van der Waals surface area (Å²) in [6, 6.07) is 7.79. The van der Waals surface area contributed by atoms with Crippen molar-refractivity contribution in [3.05, 3.63) is 51.3 Å². The Morgan fingerprint density at radius 1 is 1.30 bits per heavy atom. The van der Waals surface area contributed by atoms with Crippen LogP contribution >= 0.6 is 39.1 Å². The van der Waals surface area contributed by atoms with Gasteiger partial charge in [-0.15, -0.1) is 11.6 Å². The van der Waals surface area contributed by atoms with E-state index in [4.69, 9.17) is 23.2 Å². The Morgan fingerprint density at radius 3 is 2.80 bits per heavy atom. The van der Waals surface area contributed by atoms with E-state index in [0.717, 1.165) is 32.7 Å². The van der Waals surface area contributed by atoms with Gasteiger partial charge in [-0.2, -0.15) is 0 Å². The average molecular weight is 371 g/mol. The Kier molecular flexibility index (Phi) is 3.71. The van der Waals surface area contributed by atoms with Gasteiger partial charge in [-0.3, -0.25) is 4.57 Å². The van der Waals surface area contributed by atoms with E-state index in [1.54, 1.807) is 6.20 Å². The van der Waals surface area contributed by atoms with Crippen molar-refractivity contribution < 1.29 is 0 Å². The summed E-state index contributed by atoms with van der Waals surface area (Å²) in [4.78, 5) is 8.94. The summed E-state index contributed by atoms with van der Waals surface area (Å²) in [7, 11) is 0. The molecule has 0 aliphatic heterocycles. The molecule has 20 heavy (non-hydrogen) atoms. The highest BCUT2D eigenvalue weighted by Crippen LogP contribution is 2.28. The van der Waals surface area contributed by atoms with Gasteiger partial charge in [-0.05, 0) is 46.6 Å². The molecule has 3 aromatic rings. The van der Waals surface area contributed by atoms with Crippen molar-refractivity contribution >= 4 is 50.3 Å². The zero-order chi connectivity index (χ0) is 14.3. The van der Waals surface area contributed by atoms with Crippen LogP contribution in [0.1, 0.15) is 11.4 Å². The minimum Gasteiger partial charge on any atom is -0.278 e. The summed E-state index contributed by atoms with van der Waals surface area (Å²) in [5.41, 5.74) is 3.47. The van der Waals surface area contributed by atoms with Crippen LogP contribution in [0.15, 0.2) is 34.9 Å². The summed E-state index contributed by atoms with van der Waals surface area (Å²) in [6.45, 7) is 2.00. The highest BCUT2D eigenvalue weighted by molar-refractivity contribution is 9.10. The predicted molar refractivity (Wildman–Crippen MR) is 85.9 cm³/mol. The quantitative estimate of drug-likeness (QED) is 0.601. The van der Waals surface area contributed by atoms with Crippen molar-refractivity contribution in [3.63, 3.8) is 0 Å². The molecule has 102 valence electrons. The number of halogens is 3. The molecule has 0 atom stereocenters. The Bertz CT molecular complexity index is 798. The number of rotatable bonds is 2. The number of aromatic nitrogens is 3. The van der Waals surface area contributed by atoms with Crippen molar-refractivity contribution in [3.8, 4) is 5.69 Å². The first-order chi connectivity index (χ1) is 9.60. The topological polar surface area (TPSA) is 30.7 Å². The number of hydrogen-bond donors (Lipinski definition) is 0. The highest BCUT2D eigenvalue weighted by atomic mass is 79.9. The van der Waals surface area contributed by atoms with E-state index >= 15 is 0 Å². The van der Waals surface area contributed by atoms with Crippen molar-refractivity contribution in [1.29, 1.82) is 0 Å². The molecule has 6 heteroatoms. The van der Waals surface area contributed by atoms with Crippen LogP contribution in [0.3, 0.4) is 0 Å². The molecule has 2 heterocycles. The SMILES string of the molecule is Cc1ccc(-n2c(CCl)nc3cc(Br)cnc32)c(Cl)c1. The van der Waals surface area contributed by atoms with Crippen molar-refractivity contribution in [1.82, 2.24) is 14.5 Å². The van der Waals surface area contributed by atoms with Crippen LogP contribution in [-0.2, 0) is 5.88 Å². The Hall–Kier alpha value is -1.10. The van der Waals surface area contributed by atoms with Gasteiger partial charge in [0.1, 0.15) is 11.3 Å². The zero-order valence-corrected chi connectivity index (χ0v) is 13.7. The lowest BCUT2D eigenvalue weighted by Crippen LogP contribution is -2.01. The van der Waals surface area contributed by atoms with Gasteiger partial charge in [0.25, 0.3) is 0 Å². The lowest BCUT2D eigenvalue weighted by atomic mass is 10.2. The summed E-state index contributed by atoms with van der Waals surface area (Å²) in [5, 5.41) is 0.653. The Labute approximate surface area is 134 Å². The maximum absolute atomic E-state index is 6.35. The molecule has 0 bridgehead atoms. The summed E-state index contributed by atoms with van der Waals surface area (Å²) >= 11 is 15.8. The second kappa shape index (κ2) is 5.35. The highest BCUT2D eigenvalue weighted by Gasteiger charge is 2.15. The third-order valence-corrected chi connectivity index (χ3v) is 3.97. The molecule has 0 radical (unpaired) electrons. The predicted octanol–water partition coefficient (Wildman–Crippen LogP) is 4.88. The first kappa shape index (κ1) is 13.9. The molecule has 0 aliphatic rings. The molecular weight excluding hydrogens is 361 g/mol. The minimum absolute atomic E-state index is 0.290. The Balaban J connectivity index is 2.34. The smallest absolute Gasteiger partial charge is 0.164 e. The van der Waals surface area contributed by atoms with Gasteiger partial charge >= 0.3 is 0 Å². The van der Waals surface area contributed by atoms with Crippen LogP contribution < -0.4 is 0 Å². The van der Waals surface area contributed by atoms with Crippen LogP contribution in [0.25, 0.3) is 16.9 Å². The van der Waals surface area contributed by atoms with E-state index in [9.17, 15) is 0 Å². The van der Waals surface area contributed by atoms with Crippen LogP contribution in [0, 0.1) is 6.92 Å². The van der Waals surface area contributed by atoms with Crippen LogP contribution in [0.5, 0.6) is 0 Å². The van der Waals surface area contributed by atoms with Gasteiger partial charge < -0.3 is 0 Å². The van der Waals surface area contributed by atoms with E-state index in [0.29, 0.717) is 5.02 Å². The third kappa shape index (κ3) is 2.32. The summed E-state index contributed by atoms with van der Waals surface area (Å²) < 4.78 is 2.78. The van der Waals surface area contributed by atoms with E-state index in [-0.39, 0.29) is 5.88 Å². The minimum atomic E-state index is 0.290. The molecule has 2 aromatic heterocycles. The number of fused-ring (bicyclic) bond motifs is 1. The number of imidazole rings is 1. The van der Waals surface area contributed by atoms with Gasteiger partial charge in [-0.1, -0.05) is 17.7 Å². The van der Waals surface area contributed by atoms with E-state index in [1.165, 1.54) is 0 Å². The maximum atomic E-state index is 6.35. The molecule has 0 amide bonds. The Morgan fingerprint density at radius 2 is 2.10 bits per heavy atom. The molecule has 3 nitrogen and oxygen atoms in total. The van der Waals surface area contributed by atoms with Crippen molar-refractivity contribution in [2.24, 2.45) is 0 Å². The number of benzene rings is 1. The number of hydrogen-bond acceptors (Lipinski definition) is 2. The number of aryl methyl sites for hydroxylation is 1. The van der Waals surface area contributed by atoms with Crippen LogP contribution in [-0.4, -0.2) is 14.5 Å². The van der Waals surface area contributed by atoms with Gasteiger partial charge in [0, 0.05) is 10.7 Å². The lowest BCUT2D eigenvalue weighted by molar-refractivity contribution is 0.969. The fourth-order valence-electron chi connectivity index (χ4n) is 2.12. The van der Waals surface area contributed by atoms with Gasteiger partial charge in [-0.25, -0.2) is 9.97 Å². The lowest BCUT2D eigenvalue weighted by Gasteiger charge is -2.09. The standard InChI is InChI=1S/C14H10BrCl2N3/c1-8-2-3-12(10(17)4-8)20-13(6-16)19-11-5-9(15)7-18-14(11)20/h2-5,7H,6H2,1H3. The second-order valence-corrected chi connectivity index (χ2v) is 6.04. The van der Waals surface area contributed by atoms with Crippen molar-refractivity contribution in [2.45, 2.75) is 12.8 Å². The first-order valence-electron chi connectivity index (χ1n) is 5.95. The summed E-state index contributed by atoms with van der Waals surface area (Å²) in [5.74, 6) is 1.01. The molecule has 0 aliphatic carbocycles. The largest absolute Gasteiger partial charge is 0.278 e. The third-order valence-electron chi connectivity index (χ3n) is 3.00. The van der Waals surface area contributed by atoms with Crippen LogP contribution in [0.2, 0.25) is 5.02 Å². The molecule has 0 spiro atoms. The molecule has 0 unspecified atom stereocenters. The molecule has 0 N–H and O–H groups in total. The molecule has 0 saturated carbocycles. The van der Waals surface area contributed by atoms with Crippen molar-refractivity contribution in [2.75, 3.05) is 0 Å². The van der Waals surface area contributed by atoms with Gasteiger partial charge in [0.15, 0.2) is 5.65 Å². The second-order valence-electron chi connectivity index (χ2n) is 4.45. The van der Waals surface area contributed by atoms with Crippen LogP contribution in [0.4, 0.5) is 0 Å². The maximum Gasteiger partial charge on any atom is 0.164 e. The fourth-order valence-corrected chi connectivity index (χ4v) is 2.94. The summed E-state index contributed by atoms with van der Waals surface area (Å²) in [6.07, 6.45) is 1.74. The van der Waals surface area contributed by atoms with E-state index < -0.39 is 0 Å². The molecule has 0 saturated heterocycles. The number of pyridine rings is 1. The normalized spacial score (nSPS) is 11.2. The number of alkyl halides is 1. The van der Waals surface area contributed by atoms with Gasteiger partial charge in [0.05, 0.1) is 16.6 Å². The number of nitrogens with zero attached hydrogens (tertiary/aromatic N) is 3. The van der Waals surface area contributed by atoms with E-state index in [1.807, 2.05) is 35.8 Å². The van der Waals surface area contributed by atoms with E-state index in [2.05, 4.69) is 25.9 Å². The molecular formula is C14H10BrCl2N3. The zero-order valence-electron chi connectivity index (χ0n) is 10.6. The molecule has 0 fully saturated rings. The van der Waals surface area contributed by atoms with Gasteiger partial charge in [0.2, 0.25) is 0 Å². The monoisotopic (exact) mass is 369 g/mol.